The summed E-state index contributed by atoms with van der Waals surface area (Å²) >= 11 is 0. The molecular formula is C26H35N7O4. The van der Waals surface area contributed by atoms with Crippen molar-refractivity contribution >= 4 is 28.9 Å². The zero-order valence-corrected chi connectivity index (χ0v) is 21.6. The lowest BCUT2D eigenvalue weighted by Gasteiger charge is -2.37. The first-order valence-corrected chi connectivity index (χ1v) is 12.9. The molecule has 198 valence electrons. The molecule has 2 unspecified atom stereocenters. The molecule has 1 amide bonds. The molecule has 1 saturated carbocycles. The van der Waals surface area contributed by atoms with E-state index in [0.29, 0.717) is 41.7 Å². The van der Waals surface area contributed by atoms with Gasteiger partial charge < -0.3 is 30.0 Å². The van der Waals surface area contributed by atoms with Crippen LogP contribution in [0.15, 0.2) is 35.4 Å². The SMILES string of the molecule is CNc1cc(Nc2cccn(C3CCOCC3)c2=O)nc2c(C(=O)NC3CCCC(C)(OC)C3)cnn12. The van der Waals surface area contributed by atoms with Crippen molar-refractivity contribution in [3.63, 3.8) is 0 Å². The van der Waals surface area contributed by atoms with Crippen molar-refractivity contribution in [1.82, 2.24) is 24.5 Å². The number of ether oxygens (including phenoxy) is 2. The summed E-state index contributed by atoms with van der Waals surface area (Å²) in [5.74, 6) is 0.850. The lowest BCUT2D eigenvalue weighted by molar-refractivity contribution is -0.0314. The Bertz CT molecular complexity index is 1330. The van der Waals surface area contributed by atoms with Crippen molar-refractivity contribution in [2.75, 3.05) is 38.0 Å². The van der Waals surface area contributed by atoms with Gasteiger partial charge in [0.15, 0.2) is 5.65 Å². The molecule has 37 heavy (non-hydrogen) atoms. The van der Waals surface area contributed by atoms with Gasteiger partial charge >= 0.3 is 0 Å². The predicted molar refractivity (Wildman–Crippen MR) is 141 cm³/mol. The standard InChI is InChI=1S/C26H35N7O4/c1-26(36-3)10-4-6-17(15-26)29-24(34)19-16-28-33-22(27-2)14-21(31-23(19)33)30-20-7-5-11-32(25(20)35)18-8-12-37-13-9-18/h5,7,11,14,16-18,27H,4,6,8-10,12-13,15H2,1-3H3,(H,29,34)(H,30,31). The van der Waals surface area contributed by atoms with Gasteiger partial charge in [-0.05, 0) is 57.6 Å². The molecule has 4 heterocycles. The minimum absolute atomic E-state index is 0.0131. The Morgan fingerprint density at radius 2 is 2.08 bits per heavy atom. The average molecular weight is 510 g/mol. The number of anilines is 3. The van der Waals surface area contributed by atoms with Crippen LogP contribution in [0.5, 0.6) is 0 Å². The third-order valence-electron chi connectivity index (χ3n) is 7.56. The Balaban J connectivity index is 1.42. The maximum Gasteiger partial charge on any atom is 0.274 e. The highest BCUT2D eigenvalue weighted by Gasteiger charge is 2.33. The number of pyridine rings is 1. The largest absolute Gasteiger partial charge is 0.381 e. The number of aromatic nitrogens is 4. The van der Waals surface area contributed by atoms with Crippen LogP contribution in [0.2, 0.25) is 0 Å². The van der Waals surface area contributed by atoms with Gasteiger partial charge in [0.1, 0.15) is 22.9 Å². The van der Waals surface area contributed by atoms with Crippen LogP contribution in [-0.2, 0) is 9.47 Å². The minimum Gasteiger partial charge on any atom is -0.381 e. The summed E-state index contributed by atoms with van der Waals surface area (Å²) in [6.45, 7) is 3.38. The first-order valence-electron chi connectivity index (χ1n) is 12.9. The van der Waals surface area contributed by atoms with E-state index in [1.807, 2.05) is 12.3 Å². The molecule has 3 aromatic heterocycles. The van der Waals surface area contributed by atoms with Gasteiger partial charge in [-0.15, -0.1) is 0 Å². The number of carbonyl (C=O) groups is 1. The summed E-state index contributed by atoms with van der Waals surface area (Å²) < 4.78 is 14.5. The van der Waals surface area contributed by atoms with E-state index in [9.17, 15) is 9.59 Å². The lowest BCUT2D eigenvalue weighted by Crippen LogP contribution is -2.45. The van der Waals surface area contributed by atoms with E-state index in [0.717, 1.165) is 38.5 Å². The number of nitrogens with one attached hydrogen (secondary N) is 3. The molecule has 0 radical (unpaired) electrons. The fraction of sp³-hybridized carbons (Fsp3) is 0.538. The van der Waals surface area contributed by atoms with E-state index in [1.54, 1.807) is 35.4 Å². The molecule has 11 nitrogen and oxygen atoms in total. The molecule has 3 N–H and O–H groups in total. The van der Waals surface area contributed by atoms with Gasteiger partial charge in [-0.1, -0.05) is 0 Å². The zero-order chi connectivity index (χ0) is 26.0. The van der Waals surface area contributed by atoms with Crippen LogP contribution in [0.1, 0.15) is 61.8 Å². The smallest absolute Gasteiger partial charge is 0.274 e. The van der Waals surface area contributed by atoms with Crippen molar-refractivity contribution in [3.8, 4) is 0 Å². The Hall–Kier alpha value is -3.44. The maximum atomic E-state index is 13.3. The van der Waals surface area contributed by atoms with Gasteiger partial charge in [-0.25, -0.2) is 4.98 Å². The van der Waals surface area contributed by atoms with Crippen LogP contribution in [0.25, 0.3) is 5.65 Å². The number of amides is 1. The van der Waals surface area contributed by atoms with Crippen molar-refractivity contribution in [2.24, 2.45) is 0 Å². The van der Waals surface area contributed by atoms with Crippen LogP contribution >= 0.6 is 0 Å². The van der Waals surface area contributed by atoms with Crippen molar-refractivity contribution < 1.29 is 14.3 Å². The quantitative estimate of drug-likeness (QED) is 0.444. The second kappa shape index (κ2) is 10.5. The minimum atomic E-state index is -0.237. The van der Waals surface area contributed by atoms with E-state index in [1.165, 1.54) is 6.20 Å². The predicted octanol–water partition coefficient (Wildman–Crippen LogP) is 3.11. The highest BCUT2D eigenvalue weighted by molar-refractivity contribution is 6.00. The molecule has 2 aliphatic rings. The topological polar surface area (TPSA) is 124 Å². The fourth-order valence-electron chi connectivity index (χ4n) is 5.38. The van der Waals surface area contributed by atoms with Gasteiger partial charge in [-0.2, -0.15) is 9.61 Å². The number of hydrogen-bond acceptors (Lipinski definition) is 8. The third-order valence-corrected chi connectivity index (χ3v) is 7.56. The number of carbonyl (C=O) groups excluding carboxylic acids is 1. The Labute approximate surface area is 215 Å². The van der Waals surface area contributed by atoms with E-state index in [-0.39, 0.29) is 29.2 Å². The molecule has 2 atom stereocenters. The monoisotopic (exact) mass is 509 g/mol. The summed E-state index contributed by atoms with van der Waals surface area (Å²) in [5, 5.41) is 13.8. The molecule has 1 aliphatic heterocycles. The van der Waals surface area contributed by atoms with Crippen LogP contribution in [0.4, 0.5) is 17.3 Å². The molecule has 2 fully saturated rings. The second-order valence-electron chi connectivity index (χ2n) is 10.1. The Kier molecular flexibility index (Phi) is 7.16. The zero-order valence-electron chi connectivity index (χ0n) is 21.6. The fourth-order valence-corrected chi connectivity index (χ4v) is 5.38. The number of methoxy groups -OCH3 is 1. The van der Waals surface area contributed by atoms with Crippen LogP contribution in [0, 0.1) is 0 Å². The van der Waals surface area contributed by atoms with Gasteiger partial charge in [-0.3, -0.25) is 9.59 Å². The second-order valence-corrected chi connectivity index (χ2v) is 10.1. The van der Waals surface area contributed by atoms with Crippen molar-refractivity contribution in [2.45, 2.75) is 63.1 Å². The molecule has 1 saturated heterocycles. The normalized spacial score (nSPS) is 22.6. The Morgan fingerprint density at radius 1 is 1.27 bits per heavy atom. The number of rotatable bonds is 7. The third kappa shape index (κ3) is 5.19. The summed E-state index contributed by atoms with van der Waals surface area (Å²) in [6, 6.07) is 5.48. The number of nitrogens with zero attached hydrogens (tertiary/aromatic N) is 4. The highest BCUT2D eigenvalue weighted by atomic mass is 16.5. The van der Waals surface area contributed by atoms with E-state index in [2.05, 4.69) is 33.0 Å². The van der Waals surface area contributed by atoms with Crippen LogP contribution in [-0.4, -0.2) is 64.1 Å². The van der Waals surface area contributed by atoms with E-state index >= 15 is 0 Å². The molecule has 5 rings (SSSR count). The van der Waals surface area contributed by atoms with Gasteiger partial charge in [0.2, 0.25) is 0 Å². The number of fused-ring (bicyclic) bond motifs is 1. The van der Waals surface area contributed by atoms with Crippen LogP contribution < -0.4 is 21.5 Å². The molecule has 0 spiro atoms. The molecule has 3 aromatic rings. The molecular weight excluding hydrogens is 474 g/mol. The first-order chi connectivity index (χ1) is 17.9. The molecule has 11 heteroatoms. The van der Waals surface area contributed by atoms with Crippen LogP contribution in [0.3, 0.4) is 0 Å². The van der Waals surface area contributed by atoms with Gasteiger partial charge in [0, 0.05) is 51.7 Å². The molecule has 1 aliphatic carbocycles. The summed E-state index contributed by atoms with van der Waals surface area (Å²) in [5.41, 5.74) is 0.834. The van der Waals surface area contributed by atoms with Crippen molar-refractivity contribution in [3.05, 3.63) is 46.5 Å². The van der Waals surface area contributed by atoms with E-state index in [4.69, 9.17) is 9.47 Å². The van der Waals surface area contributed by atoms with Gasteiger partial charge in [0.25, 0.3) is 11.5 Å². The lowest BCUT2D eigenvalue weighted by atomic mass is 9.83. The Morgan fingerprint density at radius 3 is 2.84 bits per heavy atom. The maximum absolute atomic E-state index is 13.3. The molecule has 0 aromatic carbocycles. The van der Waals surface area contributed by atoms with Crippen molar-refractivity contribution in [1.29, 1.82) is 0 Å². The first kappa shape index (κ1) is 25.2. The summed E-state index contributed by atoms with van der Waals surface area (Å²) in [7, 11) is 3.49. The summed E-state index contributed by atoms with van der Waals surface area (Å²) in [4.78, 5) is 31.2. The van der Waals surface area contributed by atoms with Gasteiger partial charge in [0.05, 0.1) is 11.8 Å². The molecule has 0 bridgehead atoms. The summed E-state index contributed by atoms with van der Waals surface area (Å²) in [6.07, 6.45) is 8.57. The highest BCUT2D eigenvalue weighted by Crippen LogP contribution is 2.31. The average Bonchev–Trinajstić information content (AvgIpc) is 3.34. The van der Waals surface area contributed by atoms with E-state index < -0.39 is 0 Å². The number of hydrogen-bond donors (Lipinski definition) is 3.